The van der Waals surface area contributed by atoms with Crippen LogP contribution in [0.5, 0.6) is 0 Å². The van der Waals surface area contributed by atoms with E-state index >= 15 is 0 Å². The van der Waals surface area contributed by atoms with Crippen LogP contribution in [0.3, 0.4) is 0 Å². The predicted octanol–water partition coefficient (Wildman–Crippen LogP) is 4.31. The first kappa shape index (κ1) is 22.5. The highest BCUT2D eigenvalue weighted by Gasteiger charge is 2.42. The average molecular weight is 370 g/mol. The number of carbonyl (C=O) groups excluding carboxylic acids is 3. The summed E-state index contributed by atoms with van der Waals surface area (Å²) < 4.78 is 10.5. The highest BCUT2D eigenvalue weighted by molar-refractivity contribution is 5.96. The summed E-state index contributed by atoms with van der Waals surface area (Å²) in [6, 6.07) is -0.272. The normalized spacial score (nSPS) is 18.8. The molecular formula is C20H35NO5. The maximum atomic E-state index is 13.1. The molecule has 6 nitrogen and oxygen atoms in total. The smallest absolute Gasteiger partial charge is 0.416 e. The molecule has 0 radical (unpaired) electrons. The lowest BCUT2D eigenvalue weighted by Gasteiger charge is -2.27. The number of rotatable bonds is 9. The van der Waals surface area contributed by atoms with E-state index in [-0.39, 0.29) is 30.9 Å². The van der Waals surface area contributed by atoms with Crippen LogP contribution >= 0.6 is 0 Å². The molecule has 1 unspecified atom stereocenters. The van der Waals surface area contributed by atoms with Gasteiger partial charge in [0.1, 0.15) is 12.2 Å². The van der Waals surface area contributed by atoms with E-state index in [4.69, 9.17) is 9.47 Å². The first-order chi connectivity index (χ1) is 12.1. The second kappa shape index (κ2) is 9.93. The van der Waals surface area contributed by atoms with Gasteiger partial charge in [-0.05, 0) is 33.1 Å². The fourth-order valence-electron chi connectivity index (χ4n) is 3.09. The number of unbranched alkanes of at least 4 members (excludes halogenated alkanes) is 3. The molecule has 1 aliphatic heterocycles. The molecule has 0 bridgehead atoms. The number of cyclic esters (lactones) is 1. The molecule has 26 heavy (non-hydrogen) atoms. The second-order valence-corrected chi connectivity index (χ2v) is 8.43. The predicted molar refractivity (Wildman–Crippen MR) is 99.5 cm³/mol. The Labute approximate surface area is 157 Å². The van der Waals surface area contributed by atoms with Gasteiger partial charge in [0.2, 0.25) is 5.91 Å². The minimum Gasteiger partial charge on any atom is -0.460 e. The molecule has 2 atom stereocenters. The van der Waals surface area contributed by atoms with Gasteiger partial charge >= 0.3 is 12.1 Å². The minimum atomic E-state index is -0.601. The molecule has 0 N–H and O–H groups in total. The maximum Gasteiger partial charge on any atom is 0.416 e. The van der Waals surface area contributed by atoms with E-state index < -0.39 is 23.6 Å². The number of imide groups is 1. The van der Waals surface area contributed by atoms with Crippen LogP contribution in [-0.2, 0) is 19.1 Å². The molecule has 1 rings (SSSR count). The molecule has 0 aliphatic carbocycles. The van der Waals surface area contributed by atoms with Crippen molar-refractivity contribution in [1.29, 1.82) is 0 Å². The molecule has 0 aromatic carbocycles. The van der Waals surface area contributed by atoms with E-state index in [1.54, 1.807) is 20.8 Å². The number of amides is 2. The second-order valence-electron chi connectivity index (χ2n) is 8.43. The molecular weight excluding hydrogens is 334 g/mol. The summed E-state index contributed by atoms with van der Waals surface area (Å²) in [6.07, 6.45) is 4.02. The molecule has 0 aromatic rings. The zero-order chi connectivity index (χ0) is 19.9. The zero-order valence-electron chi connectivity index (χ0n) is 17.2. The Morgan fingerprint density at radius 2 is 1.88 bits per heavy atom. The summed E-state index contributed by atoms with van der Waals surface area (Å²) in [4.78, 5) is 38.6. The average Bonchev–Trinajstić information content (AvgIpc) is 2.89. The lowest BCUT2D eigenvalue weighted by molar-refractivity contribution is -0.158. The van der Waals surface area contributed by atoms with Gasteiger partial charge in [0.15, 0.2) is 0 Å². The number of hydrogen-bond acceptors (Lipinski definition) is 5. The fourth-order valence-corrected chi connectivity index (χ4v) is 3.09. The minimum absolute atomic E-state index is 0.00315. The topological polar surface area (TPSA) is 72.9 Å². The van der Waals surface area contributed by atoms with Crippen molar-refractivity contribution in [2.24, 2.45) is 11.8 Å². The van der Waals surface area contributed by atoms with Crippen LogP contribution in [-0.4, -0.2) is 41.1 Å². The summed E-state index contributed by atoms with van der Waals surface area (Å²) in [5.41, 5.74) is -0.597. The van der Waals surface area contributed by atoms with Gasteiger partial charge in [-0.2, -0.15) is 0 Å². The Hall–Kier alpha value is -1.59. The zero-order valence-corrected chi connectivity index (χ0v) is 17.2. The Balaban J connectivity index is 2.86. The van der Waals surface area contributed by atoms with Crippen molar-refractivity contribution in [3.05, 3.63) is 0 Å². The molecule has 1 aliphatic rings. The summed E-state index contributed by atoms with van der Waals surface area (Å²) in [7, 11) is 0. The third-order valence-electron chi connectivity index (χ3n) is 4.50. The van der Waals surface area contributed by atoms with E-state index in [1.165, 1.54) is 4.90 Å². The van der Waals surface area contributed by atoms with Gasteiger partial charge in [0.05, 0.1) is 12.5 Å². The Morgan fingerprint density at radius 3 is 2.42 bits per heavy atom. The molecule has 150 valence electrons. The SMILES string of the molecule is CCCCCC[C@H](CC(=O)OC(C)(C)C)C(=O)N1C(=O)OCC1C(C)C. The number of nitrogens with zero attached hydrogens (tertiary/aromatic N) is 1. The molecule has 1 fully saturated rings. The van der Waals surface area contributed by atoms with Crippen LogP contribution in [0, 0.1) is 11.8 Å². The van der Waals surface area contributed by atoms with Crippen molar-refractivity contribution in [3.63, 3.8) is 0 Å². The molecule has 2 amide bonds. The van der Waals surface area contributed by atoms with Crippen molar-refractivity contribution >= 4 is 18.0 Å². The van der Waals surface area contributed by atoms with Gasteiger partial charge < -0.3 is 9.47 Å². The van der Waals surface area contributed by atoms with Gasteiger partial charge in [-0.1, -0.05) is 46.5 Å². The number of hydrogen-bond donors (Lipinski definition) is 0. The van der Waals surface area contributed by atoms with Gasteiger partial charge in [0, 0.05) is 5.92 Å². The monoisotopic (exact) mass is 369 g/mol. The summed E-state index contributed by atoms with van der Waals surface area (Å²) in [5, 5.41) is 0. The van der Waals surface area contributed by atoms with Gasteiger partial charge in [-0.15, -0.1) is 0 Å². The van der Waals surface area contributed by atoms with E-state index in [2.05, 4.69) is 6.92 Å². The number of carbonyl (C=O) groups is 3. The third kappa shape index (κ3) is 6.96. The van der Waals surface area contributed by atoms with Crippen LogP contribution in [0.25, 0.3) is 0 Å². The molecule has 0 saturated carbocycles. The summed E-state index contributed by atoms with van der Waals surface area (Å²) >= 11 is 0. The maximum absolute atomic E-state index is 13.1. The lowest BCUT2D eigenvalue weighted by atomic mass is 9.94. The Morgan fingerprint density at radius 1 is 1.23 bits per heavy atom. The Kier molecular flexibility index (Phi) is 8.57. The van der Waals surface area contributed by atoms with Gasteiger partial charge in [-0.25, -0.2) is 9.69 Å². The van der Waals surface area contributed by atoms with Crippen molar-refractivity contribution in [1.82, 2.24) is 4.90 Å². The third-order valence-corrected chi connectivity index (χ3v) is 4.50. The first-order valence-corrected chi connectivity index (χ1v) is 9.78. The highest BCUT2D eigenvalue weighted by atomic mass is 16.6. The van der Waals surface area contributed by atoms with Crippen molar-refractivity contribution < 1.29 is 23.9 Å². The molecule has 1 saturated heterocycles. The largest absolute Gasteiger partial charge is 0.460 e. The summed E-state index contributed by atoms with van der Waals surface area (Å²) in [6.45, 7) is 11.7. The number of esters is 1. The van der Waals surface area contributed by atoms with E-state index in [1.807, 2.05) is 13.8 Å². The van der Waals surface area contributed by atoms with Crippen molar-refractivity contribution in [2.45, 2.75) is 91.7 Å². The van der Waals surface area contributed by atoms with Crippen LogP contribution in [0.15, 0.2) is 0 Å². The van der Waals surface area contributed by atoms with Gasteiger partial charge in [0.25, 0.3) is 0 Å². The molecule has 0 spiro atoms. The molecule has 6 heteroatoms. The van der Waals surface area contributed by atoms with E-state index in [0.717, 1.165) is 25.7 Å². The van der Waals surface area contributed by atoms with E-state index in [9.17, 15) is 14.4 Å². The van der Waals surface area contributed by atoms with E-state index in [0.29, 0.717) is 6.42 Å². The van der Waals surface area contributed by atoms with Crippen molar-refractivity contribution in [2.75, 3.05) is 6.61 Å². The first-order valence-electron chi connectivity index (χ1n) is 9.78. The van der Waals surface area contributed by atoms with Crippen LogP contribution in [0.1, 0.15) is 80.1 Å². The van der Waals surface area contributed by atoms with Crippen LogP contribution in [0.4, 0.5) is 4.79 Å². The lowest BCUT2D eigenvalue weighted by Crippen LogP contribution is -2.45. The fraction of sp³-hybridized carbons (Fsp3) is 0.850. The number of ether oxygens (including phenoxy) is 2. The molecule has 1 heterocycles. The standard InChI is InChI=1S/C20H35NO5/c1-7-8-9-10-11-15(12-17(22)26-20(4,5)6)18(23)21-16(14(2)3)13-25-19(21)24/h14-16H,7-13H2,1-6H3/t15-,16?/m1/s1. The summed E-state index contributed by atoms with van der Waals surface area (Å²) in [5.74, 6) is -1.16. The highest BCUT2D eigenvalue weighted by Crippen LogP contribution is 2.26. The van der Waals surface area contributed by atoms with Gasteiger partial charge in [-0.3, -0.25) is 9.59 Å². The van der Waals surface area contributed by atoms with Crippen LogP contribution in [0.2, 0.25) is 0 Å². The Bertz CT molecular complexity index is 495. The molecule has 0 aromatic heterocycles. The van der Waals surface area contributed by atoms with Crippen molar-refractivity contribution in [3.8, 4) is 0 Å². The van der Waals surface area contributed by atoms with Crippen LogP contribution < -0.4 is 0 Å². The quantitative estimate of drug-likeness (QED) is 0.447.